The van der Waals surface area contributed by atoms with E-state index in [0.29, 0.717) is 18.0 Å². The van der Waals surface area contributed by atoms with Crippen molar-refractivity contribution in [2.24, 2.45) is 4.99 Å². The Morgan fingerprint density at radius 1 is 1.16 bits per heavy atom. The first-order valence-corrected chi connectivity index (χ1v) is 10.3. The molecule has 9 nitrogen and oxygen atoms in total. The van der Waals surface area contributed by atoms with Gasteiger partial charge in [-0.3, -0.25) is 5.32 Å². The van der Waals surface area contributed by atoms with Crippen molar-refractivity contribution in [3.63, 3.8) is 0 Å². The third-order valence-electron chi connectivity index (χ3n) is 5.73. The summed E-state index contributed by atoms with van der Waals surface area (Å²) in [4.78, 5) is 8.96. The summed E-state index contributed by atoms with van der Waals surface area (Å²) in [6, 6.07) is 9.27. The van der Waals surface area contributed by atoms with Crippen molar-refractivity contribution < 1.29 is 4.74 Å². The molecular weight excluding hydrogens is 392 g/mol. The largest absolute Gasteiger partial charge is 0.397 e. The number of nitrogens with zero attached hydrogens (tertiary/aromatic N) is 4. The average molecular weight is 416 g/mol. The maximum Gasteiger partial charge on any atom is 0.211 e. The van der Waals surface area contributed by atoms with E-state index in [4.69, 9.17) is 21.5 Å². The number of nitriles is 2. The van der Waals surface area contributed by atoms with Gasteiger partial charge in [-0.1, -0.05) is 43.5 Å². The molecule has 1 atom stereocenters. The molecule has 1 saturated carbocycles. The zero-order valence-electron chi connectivity index (χ0n) is 17.1. The highest BCUT2D eigenvalue weighted by molar-refractivity contribution is 5.98. The van der Waals surface area contributed by atoms with Crippen molar-refractivity contribution in [1.82, 2.24) is 10.3 Å². The van der Waals surface area contributed by atoms with Crippen LogP contribution in [-0.4, -0.2) is 17.0 Å². The molecule has 0 bridgehead atoms. The lowest BCUT2D eigenvalue weighted by atomic mass is 9.92. The van der Waals surface area contributed by atoms with Crippen molar-refractivity contribution in [1.29, 1.82) is 10.5 Å². The van der Waals surface area contributed by atoms with E-state index in [0.717, 1.165) is 24.0 Å². The molecule has 1 fully saturated rings. The number of guanidine groups is 1. The second-order valence-corrected chi connectivity index (χ2v) is 7.67. The molecular formula is C22H24N8O. The van der Waals surface area contributed by atoms with Crippen molar-refractivity contribution in [2.75, 3.05) is 16.8 Å². The van der Waals surface area contributed by atoms with Gasteiger partial charge < -0.3 is 21.5 Å². The summed E-state index contributed by atoms with van der Waals surface area (Å²) in [5, 5.41) is 24.0. The fourth-order valence-corrected chi connectivity index (χ4v) is 4.18. The van der Waals surface area contributed by atoms with E-state index in [1.165, 1.54) is 19.3 Å². The Bertz CT molecular complexity index is 1090. The van der Waals surface area contributed by atoms with Gasteiger partial charge in [-0.25, -0.2) is 9.98 Å². The molecule has 0 radical (unpaired) electrons. The Morgan fingerprint density at radius 2 is 1.94 bits per heavy atom. The number of aromatic nitrogens is 1. The Kier molecular flexibility index (Phi) is 5.87. The zero-order chi connectivity index (χ0) is 21.8. The van der Waals surface area contributed by atoms with Crippen molar-refractivity contribution in [3.8, 4) is 12.3 Å². The Balaban J connectivity index is 1.75. The third kappa shape index (κ3) is 4.09. The maximum atomic E-state index is 9.50. The first kappa shape index (κ1) is 20.5. The normalized spacial score (nSPS) is 18.1. The number of pyridine rings is 1. The highest BCUT2D eigenvalue weighted by Gasteiger charge is 2.31. The first-order chi connectivity index (χ1) is 15.1. The number of aliphatic imine (C=N–C) groups is 1. The predicted octanol–water partition coefficient (Wildman–Crippen LogP) is 2.91. The van der Waals surface area contributed by atoms with Gasteiger partial charge in [-0.05, 0) is 24.0 Å². The molecule has 1 aliphatic carbocycles. The number of benzene rings is 1. The molecule has 2 aromatic rings. The summed E-state index contributed by atoms with van der Waals surface area (Å²) in [5.41, 5.74) is 15.0. The summed E-state index contributed by atoms with van der Waals surface area (Å²) in [7, 11) is 0. The lowest BCUT2D eigenvalue weighted by molar-refractivity contribution is 0.0165. The van der Waals surface area contributed by atoms with Crippen LogP contribution in [0, 0.1) is 22.8 Å². The zero-order valence-corrected chi connectivity index (χ0v) is 17.1. The molecule has 158 valence electrons. The number of fused-ring (bicyclic) bond motifs is 1. The molecule has 9 heteroatoms. The van der Waals surface area contributed by atoms with Gasteiger partial charge in [-0.15, -0.1) is 0 Å². The topological polar surface area (TPSA) is 158 Å². The summed E-state index contributed by atoms with van der Waals surface area (Å²) in [6.45, 7) is 0.448. The minimum absolute atomic E-state index is 0.0251. The Morgan fingerprint density at radius 3 is 2.68 bits per heavy atom. The summed E-state index contributed by atoms with van der Waals surface area (Å²) >= 11 is 0. The van der Waals surface area contributed by atoms with Crippen molar-refractivity contribution in [3.05, 3.63) is 46.5 Å². The highest BCUT2D eigenvalue weighted by Crippen LogP contribution is 2.41. The fraction of sp³-hybridized carbons (Fsp3) is 0.364. The van der Waals surface area contributed by atoms with Crippen LogP contribution in [0.4, 0.5) is 17.3 Å². The van der Waals surface area contributed by atoms with E-state index in [9.17, 15) is 5.26 Å². The lowest BCUT2D eigenvalue weighted by Crippen LogP contribution is -2.33. The fourth-order valence-electron chi connectivity index (χ4n) is 4.18. The van der Waals surface area contributed by atoms with Gasteiger partial charge in [0.15, 0.2) is 6.19 Å². The van der Waals surface area contributed by atoms with E-state index >= 15 is 0 Å². The molecule has 0 saturated heterocycles. The van der Waals surface area contributed by atoms with Gasteiger partial charge in [-0.2, -0.15) is 10.5 Å². The van der Waals surface area contributed by atoms with Crippen LogP contribution in [0.3, 0.4) is 0 Å². The smallest absolute Gasteiger partial charge is 0.211 e. The van der Waals surface area contributed by atoms with Crippen LogP contribution in [0.1, 0.15) is 60.4 Å². The molecule has 6 N–H and O–H groups in total. The van der Waals surface area contributed by atoms with Gasteiger partial charge in [0.2, 0.25) is 5.96 Å². The summed E-state index contributed by atoms with van der Waals surface area (Å²) in [5.74, 6) is 0.630. The standard InChI is InChI=1S/C22H24N8O/c23-10-16-18(25)17-19(28-22(27-12-24)30-21(17)29-20(16)26)15-9-5-4-6-13(15)11-31-14-7-2-1-3-8-14/h4-6,9,14,19H,1-3,7-8,11H2,(H6,25,26,27,28,29,30). The summed E-state index contributed by atoms with van der Waals surface area (Å²) < 4.78 is 6.21. The van der Waals surface area contributed by atoms with Gasteiger partial charge in [0.1, 0.15) is 29.3 Å². The van der Waals surface area contributed by atoms with Crippen molar-refractivity contribution >= 4 is 23.3 Å². The monoisotopic (exact) mass is 416 g/mol. The third-order valence-corrected chi connectivity index (χ3v) is 5.73. The summed E-state index contributed by atoms with van der Waals surface area (Å²) in [6.07, 6.45) is 7.94. The SMILES string of the molecule is N#CNC1=NC(c2ccccc2COC2CCCCC2)c2c(nc(N)c(C#N)c2N)N1. The van der Waals surface area contributed by atoms with Crippen LogP contribution in [0.25, 0.3) is 0 Å². The molecule has 31 heavy (non-hydrogen) atoms. The van der Waals surface area contributed by atoms with Gasteiger partial charge >= 0.3 is 0 Å². The number of nitrogens with two attached hydrogens (primary N) is 2. The van der Waals surface area contributed by atoms with Crippen LogP contribution >= 0.6 is 0 Å². The minimum atomic E-state index is -0.571. The number of nitrogens with one attached hydrogen (secondary N) is 2. The van der Waals surface area contributed by atoms with E-state index in [1.807, 2.05) is 36.5 Å². The van der Waals surface area contributed by atoms with E-state index in [-0.39, 0.29) is 29.1 Å². The van der Waals surface area contributed by atoms with E-state index < -0.39 is 6.04 Å². The molecule has 0 amide bonds. The second kappa shape index (κ2) is 8.90. The number of nitrogen functional groups attached to an aromatic ring is 2. The molecule has 1 aromatic heterocycles. The van der Waals surface area contributed by atoms with E-state index in [2.05, 4.69) is 20.6 Å². The van der Waals surface area contributed by atoms with Gasteiger partial charge in [0, 0.05) is 5.56 Å². The molecule has 1 aliphatic heterocycles. The quantitative estimate of drug-likeness (QED) is 0.437. The van der Waals surface area contributed by atoms with Crippen LogP contribution in [0.2, 0.25) is 0 Å². The van der Waals surface area contributed by atoms with Crippen molar-refractivity contribution in [2.45, 2.75) is 50.9 Å². The van der Waals surface area contributed by atoms with Crippen LogP contribution in [-0.2, 0) is 11.3 Å². The Labute approximate surface area is 180 Å². The first-order valence-electron chi connectivity index (χ1n) is 10.3. The number of hydrogen-bond acceptors (Lipinski definition) is 9. The molecule has 1 unspecified atom stereocenters. The molecule has 1 aromatic carbocycles. The molecule has 2 heterocycles. The highest BCUT2D eigenvalue weighted by atomic mass is 16.5. The number of ether oxygens (including phenoxy) is 1. The minimum Gasteiger partial charge on any atom is -0.397 e. The average Bonchev–Trinajstić information content (AvgIpc) is 2.78. The number of hydrogen-bond donors (Lipinski definition) is 4. The lowest BCUT2D eigenvalue weighted by Gasteiger charge is -2.28. The predicted molar refractivity (Wildman–Crippen MR) is 118 cm³/mol. The maximum absolute atomic E-state index is 9.50. The Hall–Kier alpha value is -3.82. The van der Waals surface area contributed by atoms with Crippen LogP contribution in [0.5, 0.6) is 0 Å². The van der Waals surface area contributed by atoms with E-state index in [1.54, 1.807) is 0 Å². The number of anilines is 3. The van der Waals surface area contributed by atoms with Crippen LogP contribution in [0.15, 0.2) is 29.3 Å². The molecule has 2 aliphatic rings. The van der Waals surface area contributed by atoms with Gasteiger partial charge in [0.05, 0.1) is 18.4 Å². The van der Waals surface area contributed by atoms with Gasteiger partial charge in [0.25, 0.3) is 0 Å². The molecule has 0 spiro atoms. The molecule has 4 rings (SSSR count). The second-order valence-electron chi connectivity index (χ2n) is 7.67. The van der Waals surface area contributed by atoms with Crippen LogP contribution < -0.4 is 22.1 Å². The number of rotatable bonds is 4.